The highest BCUT2D eigenvalue weighted by Gasteiger charge is 2.10. The topological polar surface area (TPSA) is 50.9 Å². The van der Waals surface area contributed by atoms with Crippen molar-refractivity contribution in [3.8, 4) is 0 Å². The molecule has 3 N–H and O–H groups in total. The number of rotatable bonds is 3. The summed E-state index contributed by atoms with van der Waals surface area (Å²) in [6.45, 7) is 1.96. The zero-order valence-corrected chi connectivity index (χ0v) is 9.59. The number of benzene rings is 1. The lowest BCUT2D eigenvalue weighted by molar-refractivity contribution is 0.632. The summed E-state index contributed by atoms with van der Waals surface area (Å²) >= 11 is 1.55. The van der Waals surface area contributed by atoms with Gasteiger partial charge in [-0.1, -0.05) is 6.07 Å². The average molecular weight is 237 g/mol. The highest BCUT2D eigenvalue weighted by molar-refractivity contribution is 7.09. The Labute approximate surface area is 97.1 Å². The van der Waals surface area contributed by atoms with Crippen LogP contribution in [-0.4, -0.2) is 4.98 Å². The predicted molar refractivity (Wildman–Crippen MR) is 65.0 cm³/mol. The summed E-state index contributed by atoms with van der Waals surface area (Å²) < 4.78 is 13.2. The summed E-state index contributed by atoms with van der Waals surface area (Å²) in [7, 11) is 0. The van der Waals surface area contributed by atoms with Crippen molar-refractivity contribution in [1.82, 2.24) is 4.98 Å². The smallest absolute Gasteiger partial charge is 0.148 e. The lowest BCUT2D eigenvalue weighted by atomic mass is 10.2. The third kappa shape index (κ3) is 2.14. The van der Waals surface area contributed by atoms with Crippen molar-refractivity contribution in [3.63, 3.8) is 0 Å². The Morgan fingerprint density at radius 1 is 1.50 bits per heavy atom. The molecule has 16 heavy (non-hydrogen) atoms. The van der Waals surface area contributed by atoms with Gasteiger partial charge < -0.3 is 11.1 Å². The van der Waals surface area contributed by atoms with Crippen LogP contribution in [0.25, 0.3) is 0 Å². The molecule has 84 valence electrons. The molecule has 0 saturated carbocycles. The minimum absolute atomic E-state index is 0.0177. The van der Waals surface area contributed by atoms with E-state index in [0.29, 0.717) is 5.69 Å². The molecule has 0 aliphatic heterocycles. The number of hydrogen-bond acceptors (Lipinski definition) is 4. The van der Waals surface area contributed by atoms with Gasteiger partial charge in [0.05, 0.1) is 17.4 Å². The number of anilines is 2. The van der Waals surface area contributed by atoms with E-state index in [1.165, 1.54) is 6.07 Å². The fraction of sp³-hybridized carbons (Fsp3) is 0.182. The van der Waals surface area contributed by atoms with E-state index in [2.05, 4.69) is 10.3 Å². The third-order valence-corrected chi connectivity index (χ3v) is 3.21. The van der Waals surface area contributed by atoms with Gasteiger partial charge in [-0.3, -0.25) is 0 Å². The lowest BCUT2D eigenvalue weighted by Crippen LogP contribution is -2.08. The zero-order valence-electron chi connectivity index (χ0n) is 8.77. The Morgan fingerprint density at radius 2 is 2.31 bits per heavy atom. The molecule has 0 fully saturated rings. The molecule has 0 spiro atoms. The van der Waals surface area contributed by atoms with Gasteiger partial charge in [-0.2, -0.15) is 0 Å². The molecule has 1 aromatic heterocycles. The van der Waals surface area contributed by atoms with Gasteiger partial charge in [-0.05, 0) is 19.1 Å². The SMILES string of the molecule is CC(Nc1cccc(F)c1N)c1nccs1. The van der Waals surface area contributed by atoms with E-state index < -0.39 is 5.82 Å². The fourth-order valence-electron chi connectivity index (χ4n) is 1.41. The summed E-state index contributed by atoms with van der Waals surface area (Å²) in [5, 5.41) is 5.99. The maximum atomic E-state index is 13.2. The standard InChI is InChI=1S/C11H12FN3S/c1-7(11-14-5-6-16-11)15-9-4-2-3-8(12)10(9)13/h2-7,15H,13H2,1H3. The highest BCUT2D eigenvalue weighted by Crippen LogP contribution is 2.26. The van der Waals surface area contributed by atoms with Crippen LogP contribution < -0.4 is 11.1 Å². The number of para-hydroxylation sites is 1. The molecule has 0 radical (unpaired) electrons. The lowest BCUT2D eigenvalue weighted by Gasteiger charge is -2.14. The second-order valence-electron chi connectivity index (χ2n) is 3.44. The van der Waals surface area contributed by atoms with Gasteiger partial charge in [0.1, 0.15) is 10.8 Å². The van der Waals surface area contributed by atoms with Crippen LogP contribution >= 0.6 is 11.3 Å². The summed E-state index contributed by atoms with van der Waals surface area (Å²) in [4.78, 5) is 4.19. The van der Waals surface area contributed by atoms with Gasteiger partial charge in [0, 0.05) is 11.6 Å². The van der Waals surface area contributed by atoms with E-state index in [0.717, 1.165) is 5.01 Å². The van der Waals surface area contributed by atoms with Gasteiger partial charge >= 0.3 is 0 Å². The number of aromatic nitrogens is 1. The maximum Gasteiger partial charge on any atom is 0.148 e. The number of hydrogen-bond donors (Lipinski definition) is 2. The molecular formula is C11H12FN3S. The number of nitrogens with zero attached hydrogens (tertiary/aromatic N) is 1. The van der Waals surface area contributed by atoms with E-state index in [9.17, 15) is 4.39 Å². The van der Waals surface area contributed by atoms with Gasteiger partial charge in [0.15, 0.2) is 0 Å². The van der Waals surface area contributed by atoms with Crippen LogP contribution in [0.1, 0.15) is 18.0 Å². The second kappa shape index (κ2) is 4.49. The molecule has 0 bridgehead atoms. The number of halogens is 1. The molecule has 5 heteroatoms. The molecular weight excluding hydrogens is 225 g/mol. The molecule has 0 aliphatic rings. The summed E-state index contributed by atoms with van der Waals surface area (Å²) in [5.74, 6) is -0.406. The molecule has 0 aliphatic carbocycles. The van der Waals surface area contributed by atoms with E-state index >= 15 is 0 Å². The zero-order chi connectivity index (χ0) is 11.5. The average Bonchev–Trinajstić information content (AvgIpc) is 2.78. The number of nitrogens with one attached hydrogen (secondary N) is 1. The number of nitrogen functional groups attached to an aromatic ring is 1. The first kappa shape index (κ1) is 10.9. The van der Waals surface area contributed by atoms with Gasteiger partial charge in [0.2, 0.25) is 0 Å². The largest absolute Gasteiger partial charge is 0.395 e. The predicted octanol–water partition coefficient (Wildman–Crippen LogP) is 3.04. The van der Waals surface area contributed by atoms with Crippen LogP contribution in [0.2, 0.25) is 0 Å². The molecule has 1 unspecified atom stereocenters. The fourth-order valence-corrected chi connectivity index (χ4v) is 2.05. The first-order valence-corrected chi connectivity index (χ1v) is 5.76. The van der Waals surface area contributed by atoms with Crippen molar-refractivity contribution in [1.29, 1.82) is 0 Å². The highest BCUT2D eigenvalue weighted by atomic mass is 32.1. The van der Waals surface area contributed by atoms with Crippen molar-refractivity contribution >= 4 is 22.7 Å². The monoisotopic (exact) mass is 237 g/mol. The Kier molecular flexibility index (Phi) is 3.05. The van der Waals surface area contributed by atoms with Crippen molar-refractivity contribution < 1.29 is 4.39 Å². The van der Waals surface area contributed by atoms with Crippen molar-refractivity contribution in [2.24, 2.45) is 0 Å². The molecule has 3 nitrogen and oxygen atoms in total. The van der Waals surface area contributed by atoms with E-state index in [1.807, 2.05) is 12.3 Å². The van der Waals surface area contributed by atoms with Gasteiger partial charge in [-0.25, -0.2) is 9.37 Å². The van der Waals surface area contributed by atoms with Crippen LogP contribution in [0.4, 0.5) is 15.8 Å². The number of thiazole rings is 1. The van der Waals surface area contributed by atoms with Gasteiger partial charge in [-0.15, -0.1) is 11.3 Å². The quantitative estimate of drug-likeness (QED) is 0.807. The number of nitrogens with two attached hydrogens (primary N) is 1. The van der Waals surface area contributed by atoms with Crippen molar-refractivity contribution in [2.75, 3.05) is 11.1 Å². The van der Waals surface area contributed by atoms with E-state index in [1.54, 1.807) is 29.7 Å². The molecule has 2 rings (SSSR count). The summed E-state index contributed by atoms with van der Waals surface area (Å²) in [6, 6.07) is 4.74. The Balaban J connectivity index is 2.18. The minimum Gasteiger partial charge on any atom is -0.395 e. The molecule has 1 atom stereocenters. The normalized spacial score (nSPS) is 12.4. The Bertz CT molecular complexity index is 470. The minimum atomic E-state index is -0.406. The van der Waals surface area contributed by atoms with Gasteiger partial charge in [0.25, 0.3) is 0 Å². The first-order chi connectivity index (χ1) is 7.68. The summed E-state index contributed by atoms with van der Waals surface area (Å²) in [5.41, 5.74) is 6.37. The summed E-state index contributed by atoms with van der Waals surface area (Å²) in [6.07, 6.45) is 1.74. The Hall–Kier alpha value is -1.62. The van der Waals surface area contributed by atoms with Crippen molar-refractivity contribution in [2.45, 2.75) is 13.0 Å². The third-order valence-electron chi connectivity index (χ3n) is 2.25. The molecule has 2 aromatic rings. The molecule has 1 heterocycles. The first-order valence-electron chi connectivity index (χ1n) is 4.88. The van der Waals surface area contributed by atoms with E-state index in [-0.39, 0.29) is 11.7 Å². The molecule has 0 saturated heterocycles. The van der Waals surface area contributed by atoms with Crippen molar-refractivity contribution in [3.05, 3.63) is 40.6 Å². The van der Waals surface area contributed by atoms with Crippen LogP contribution in [0.5, 0.6) is 0 Å². The molecule has 1 aromatic carbocycles. The maximum absolute atomic E-state index is 13.2. The van der Waals surface area contributed by atoms with Crippen LogP contribution in [0, 0.1) is 5.82 Å². The second-order valence-corrected chi connectivity index (χ2v) is 4.36. The van der Waals surface area contributed by atoms with E-state index in [4.69, 9.17) is 5.73 Å². The Morgan fingerprint density at radius 3 is 3.00 bits per heavy atom. The van der Waals surface area contributed by atoms with Crippen LogP contribution in [-0.2, 0) is 0 Å². The molecule has 0 amide bonds. The van der Waals surface area contributed by atoms with Crippen LogP contribution in [0.3, 0.4) is 0 Å². The van der Waals surface area contributed by atoms with Crippen LogP contribution in [0.15, 0.2) is 29.8 Å².